The molecule has 3 heteroatoms. The summed E-state index contributed by atoms with van der Waals surface area (Å²) in [5.74, 6) is 0. The summed E-state index contributed by atoms with van der Waals surface area (Å²) in [6.07, 6.45) is 0.00170. The molecule has 2 unspecified atom stereocenters. The molecule has 0 bridgehead atoms. The summed E-state index contributed by atoms with van der Waals surface area (Å²) in [6, 6.07) is 18.8. The van der Waals surface area contributed by atoms with Crippen LogP contribution in [-0.2, 0) is 15.2 Å². The summed E-state index contributed by atoms with van der Waals surface area (Å²) in [6.45, 7) is 6.34. The molecule has 1 aliphatic heterocycles. The predicted octanol–water partition coefficient (Wildman–Crippen LogP) is 4.68. The number of benzene rings is 2. The molecule has 2 aromatic carbocycles. The first-order valence-electron chi connectivity index (χ1n) is 6.83. The number of rotatable bonds is 1. The van der Waals surface area contributed by atoms with Gasteiger partial charge in [0.1, 0.15) is 6.10 Å². The van der Waals surface area contributed by atoms with Crippen LogP contribution in [0.5, 0.6) is 0 Å². The van der Waals surface area contributed by atoms with Gasteiger partial charge in [-0.05, 0) is 32.4 Å². The van der Waals surface area contributed by atoms with Gasteiger partial charge in [-0.2, -0.15) is 0 Å². The second-order valence-electron chi connectivity index (χ2n) is 5.94. The van der Waals surface area contributed by atoms with Crippen LogP contribution in [0.3, 0.4) is 0 Å². The van der Waals surface area contributed by atoms with Crippen LogP contribution in [0.4, 0.5) is 0 Å². The van der Waals surface area contributed by atoms with E-state index < -0.39 is 11.0 Å². The Balaban J connectivity index is 2.08. The minimum atomic E-state index is -0.477. The molecular weight excluding hydrogens is 266 g/mol. The van der Waals surface area contributed by atoms with Crippen molar-refractivity contribution < 1.29 is 4.18 Å². The van der Waals surface area contributed by atoms with Crippen molar-refractivity contribution in [1.29, 1.82) is 0 Å². The molecule has 1 heterocycles. The smallest absolute Gasteiger partial charge is 0.125 e. The van der Waals surface area contributed by atoms with Gasteiger partial charge in [-0.15, -0.1) is 0 Å². The van der Waals surface area contributed by atoms with E-state index in [2.05, 4.69) is 69.3 Å². The van der Waals surface area contributed by atoms with Crippen LogP contribution >= 0.6 is 0 Å². The van der Waals surface area contributed by atoms with Crippen molar-refractivity contribution in [2.24, 2.45) is 4.36 Å². The van der Waals surface area contributed by atoms with Gasteiger partial charge in [0.25, 0.3) is 0 Å². The molecule has 0 aromatic heterocycles. The Bertz CT molecular complexity index is 644. The molecule has 0 saturated heterocycles. The van der Waals surface area contributed by atoms with Crippen LogP contribution in [0.25, 0.3) is 0 Å². The fourth-order valence-electron chi connectivity index (χ4n) is 2.23. The molecule has 0 saturated carbocycles. The fraction of sp³-hybridized carbons (Fsp3) is 0.294. The molecule has 0 fully saturated rings. The van der Waals surface area contributed by atoms with Gasteiger partial charge in [-0.1, -0.05) is 48.5 Å². The Kier molecular flexibility index (Phi) is 3.48. The third-order valence-electron chi connectivity index (χ3n) is 3.04. The van der Waals surface area contributed by atoms with Crippen molar-refractivity contribution >= 4 is 11.0 Å². The Labute approximate surface area is 123 Å². The molecule has 2 atom stereocenters. The minimum absolute atomic E-state index is 0.00170. The topological polar surface area (TPSA) is 21.6 Å². The highest BCUT2D eigenvalue weighted by atomic mass is 32.2. The molecule has 0 spiro atoms. The quantitative estimate of drug-likeness (QED) is 0.745. The minimum Gasteiger partial charge on any atom is -0.289 e. The maximum atomic E-state index is 6.26. The van der Waals surface area contributed by atoms with Crippen LogP contribution in [0.2, 0.25) is 0 Å². The molecule has 0 N–H and O–H groups in total. The van der Waals surface area contributed by atoms with E-state index in [1.54, 1.807) is 0 Å². The summed E-state index contributed by atoms with van der Waals surface area (Å²) in [7, 11) is -0.477. The van der Waals surface area contributed by atoms with Gasteiger partial charge in [-0.3, -0.25) is 4.18 Å². The summed E-state index contributed by atoms with van der Waals surface area (Å²) >= 11 is 0. The SMILES string of the molecule is CC(C)(C)N=S1OC(c2ccccc2)c2ccccc21. The zero-order valence-electron chi connectivity index (χ0n) is 12.0. The van der Waals surface area contributed by atoms with E-state index in [0.717, 1.165) is 0 Å². The Morgan fingerprint density at radius 2 is 1.60 bits per heavy atom. The van der Waals surface area contributed by atoms with Crippen LogP contribution in [-0.4, -0.2) is 5.54 Å². The van der Waals surface area contributed by atoms with E-state index in [9.17, 15) is 0 Å². The van der Waals surface area contributed by atoms with Gasteiger partial charge < -0.3 is 0 Å². The van der Waals surface area contributed by atoms with Crippen molar-refractivity contribution in [2.45, 2.75) is 37.3 Å². The van der Waals surface area contributed by atoms with Gasteiger partial charge in [0.05, 0.1) is 21.4 Å². The van der Waals surface area contributed by atoms with Crippen molar-refractivity contribution in [2.75, 3.05) is 0 Å². The van der Waals surface area contributed by atoms with Crippen LogP contribution in [0.15, 0.2) is 63.9 Å². The lowest BCUT2D eigenvalue weighted by molar-refractivity contribution is 0.301. The van der Waals surface area contributed by atoms with Crippen LogP contribution in [0, 0.1) is 0 Å². The monoisotopic (exact) mass is 285 g/mol. The lowest BCUT2D eigenvalue weighted by Crippen LogP contribution is -2.11. The van der Waals surface area contributed by atoms with Gasteiger partial charge in [0, 0.05) is 5.56 Å². The molecule has 2 nitrogen and oxygen atoms in total. The van der Waals surface area contributed by atoms with Crippen molar-refractivity contribution in [3.05, 3.63) is 65.7 Å². The summed E-state index contributed by atoms with van der Waals surface area (Å²) in [5, 5.41) is 0. The molecule has 1 aliphatic rings. The van der Waals surface area contributed by atoms with Gasteiger partial charge in [-0.25, -0.2) is 4.36 Å². The number of hydrogen-bond donors (Lipinski definition) is 0. The predicted molar refractivity (Wildman–Crippen MR) is 83.6 cm³/mol. The van der Waals surface area contributed by atoms with Gasteiger partial charge in [0.15, 0.2) is 0 Å². The average molecular weight is 285 g/mol. The number of fused-ring (bicyclic) bond motifs is 1. The fourth-order valence-corrected chi connectivity index (χ4v) is 3.94. The molecule has 3 rings (SSSR count). The summed E-state index contributed by atoms with van der Waals surface area (Å²) in [5.41, 5.74) is 2.34. The maximum Gasteiger partial charge on any atom is 0.125 e. The van der Waals surface area contributed by atoms with Gasteiger partial charge in [0.2, 0.25) is 0 Å². The molecule has 0 radical (unpaired) electrons. The number of nitrogens with zero attached hydrogens (tertiary/aromatic N) is 1. The lowest BCUT2D eigenvalue weighted by Gasteiger charge is -2.14. The first-order valence-corrected chi connectivity index (χ1v) is 7.93. The first kappa shape index (κ1) is 13.5. The molecule has 104 valence electrons. The Morgan fingerprint density at radius 1 is 0.950 bits per heavy atom. The van der Waals surface area contributed by atoms with Crippen molar-refractivity contribution in [1.82, 2.24) is 0 Å². The second-order valence-corrected chi connectivity index (χ2v) is 7.25. The third-order valence-corrected chi connectivity index (χ3v) is 4.87. The highest BCUT2D eigenvalue weighted by Gasteiger charge is 2.30. The van der Waals surface area contributed by atoms with Gasteiger partial charge >= 0.3 is 0 Å². The molecule has 2 aromatic rings. The Morgan fingerprint density at radius 3 is 2.30 bits per heavy atom. The zero-order chi connectivity index (χ0) is 14.2. The molecular formula is C17H19NOS. The second kappa shape index (κ2) is 5.15. The normalized spacial score (nSPS) is 21.9. The molecule has 0 aliphatic carbocycles. The van der Waals surface area contributed by atoms with E-state index in [1.807, 2.05) is 6.07 Å². The lowest BCUT2D eigenvalue weighted by atomic mass is 10.0. The van der Waals surface area contributed by atoms with E-state index in [-0.39, 0.29) is 11.6 Å². The Hall–Kier alpha value is -1.45. The highest BCUT2D eigenvalue weighted by molar-refractivity contribution is 7.83. The summed E-state index contributed by atoms with van der Waals surface area (Å²) < 4.78 is 11.1. The largest absolute Gasteiger partial charge is 0.289 e. The van der Waals surface area contributed by atoms with E-state index in [1.165, 1.54) is 16.0 Å². The van der Waals surface area contributed by atoms with Crippen molar-refractivity contribution in [3.8, 4) is 0 Å². The number of hydrogen-bond acceptors (Lipinski definition) is 2. The summed E-state index contributed by atoms with van der Waals surface area (Å²) in [4.78, 5) is 1.22. The maximum absolute atomic E-state index is 6.26. The average Bonchev–Trinajstić information content (AvgIpc) is 2.77. The van der Waals surface area contributed by atoms with Crippen LogP contribution < -0.4 is 0 Å². The standard InChI is InChI=1S/C17H19NOS/c1-17(2,3)18-20-15-12-8-7-11-14(15)16(19-20)13-9-5-4-6-10-13/h4-12,16H,1-3H3. The van der Waals surface area contributed by atoms with Crippen LogP contribution in [0.1, 0.15) is 38.0 Å². The van der Waals surface area contributed by atoms with E-state index >= 15 is 0 Å². The van der Waals surface area contributed by atoms with Crippen molar-refractivity contribution in [3.63, 3.8) is 0 Å². The zero-order valence-corrected chi connectivity index (χ0v) is 12.9. The van der Waals surface area contributed by atoms with E-state index in [0.29, 0.717) is 0 Å². The van der Waals surface area contributed by atoms with E-state index in [4.69, 9.17) is 8.55 Å². The molecule has 20 heavy (non-hydrogen) atoms. The first-order chi connectivity index (χ1) is 9.54. The highest BCUT2D eigenvalue weighted by Crippen LogP contribution is 2.40. The molecule has 0 amide bonds. The third kappa shape index (κ3) is 2.69.